The van der Waals surface area contributed by atoms with Crippen molar-refractivity contribution >= 4 is 21.8 Å². The number of rotatable bonds is 5. The fraction of sp³-hybridized carbons (Fsp3) is 0.300. The van der Waals surface area contributed by atoms with Crippen molar-refractivity contribution in [2.75, 3.05) is 17.6 Å². The molecule has 0 atom stereocenters. The molecule has 1 rings (SSSR count). The third-order valence-electron chi connectivity index (χ3n) is 1.95. The van der Waals surface area contributed by atoms with E-state index in [4.69, 9.17) is 0 Å². The highest BCUT2D eigenvalue weighted by Gasteiger charge is 2.15. The first-order valence-corrected chi connectivity index (χ1v) is 6.17. The first kappa shape index (κ1) is 11.7. The second-order valence-corrected chi connectivity index (χ2v) is 5.14. The Morgan fingerprint density at radius 3 is 2.60 bits per heavy atom. The number of nitrogens with one attached hydrogen (secondary N) is 1. The van der Waals surface area contributed by atoms with Crippen LogP contribution in [-0.2, 0) is 14.6 Å². The molecule has 0 aliphatic carbocycles. The summed E-state index contributed by atoms with van der Waals surface area (Å²) in [5, 5.41) is 2.70. The topological polar surface area (TPSA) is 63.2 Å². The lowest BCUT2D eigenvalue weighted by Gasteiger charge is -2.08. The first-order chi connectivity index (χ1) is 7.11. The molecular formula is C10H12NO3S. The first-order valence-electron chi connectivity index (χ1n) is 4.52. The molecule has 0 heterocycles. The van der Waals surface area contributed by atoms with Gasteiger partial charge in [0.15, 0.2) is 9.84 Å². The van der Waals surface area contributed by atoms with E-state index in [9.17, 15) is 13.2 Å². The zero-order valence-corrected chi connectivity index (χ0v) is 9.17. The molecular weight excluding hydrogens is 214 g/mol. The number of sulfone groups is 1. The SMILES string of the molecule is CCS(=O)(=O)c1ccccc1NC[C]=O. The maximum atomic E-state index is 11.6. The third kappa shape index (κ3) is 2.79. The van der Waals surface area contributed by atoms with Crippen LogP contribution in [0.15, 0.2) is 29.2 Å². The Morgan fingerprint density at radius 1 is 1.33 bits per heavy atom. The second kappa shape index (κ2) is 4.93. The Morgan fingerprint density at radius 2 is 2.00 bits per heavy atom. The van der Waals surface area contributed by atoms with Gasteiger partial charge in [-0.25, -0.2) is 8.42 Å². The van der Waals surface area contributed by atoms with Gasteiger partial charge in [-0.2, -0.15) is 0 Å². The summed E-state index contributed by atoms with van der Waals surface area (Å²) in [4.78, 5) is 10.3. The molecule has 5 heteroatoms. The van der Waals surface area contributed by atoms with Gasteiger partial charge in [0.05, 0.1) is 22.9 Å². The summed E-state index contributed by atoms with van der Waals surface area (Å²) in [6.45, 7) is 1.56. The molecule has 0 amide bonds. The van der Waals surface area contributed by atoms with Gasteiger partial charge in [0, 0.05) is 0 Å². The van der Waals surface area contributed by atoms with E-state index < -0.39 is 9.84 Å². The zero-order chi connectivity index (χ0) is 11.3. The van der Waals surface area contributed by atoms with Crippen LogP contribution < -0.4 is 5.32 Å². The van der Waals surface area contributed by atoms with Gasteiger partial charge in [-0.1, -0.05) is 19.1 Å². The lowest BCUT2D eigenvalue weighted by molar-refractivity contribution is 0.557. The van der Waals surface area contributed by atoms with E-state index in [0.717, 1.165) is 0 Å². The maximum Gasteiger partial charge on any atom is 0.219 e. The predicted molar refractivity (Wildman–Crippen MR) is 58.4 cm³/mol. The minimum atomic E-state index is -3.25. The van der Waals surface area contributed by atoms with Crippen LogP contribution in [0.4, 0.5) is 5.69 Å². The van der Waals surface area contributed by atoms with Crippen LogP contribution >= 0.6 is 0 Å². The van der Waals surface area contributed by atoms with Gasteiger partial charge >= 0.3 is 0 Å². The Hall–Kier alpha value is -1.36. The highest BCUT2D eigenvalue weighted by atomic mass is 32.2. The minimum absolute atomic E-state index is 0.0176. The maximum absolute atomic E-state index is 11.6. The largest absolute Gasteiger partial charge is 0.376 e. The second-order valence-electron chi connectivity index (χ2n) is 2.90. The lowest BCUT2D eigenvalue weighted by atomic mass is 10.3. The van der Waals surface area contributed by atoms with Crippen molar-refractivity contribution in [1.82, 2.24) is 0 Å². The lowest BCUT2D eigenvalue weighted by Crippen LogP contribution is -2.10. The minimum Gasteiger partial charge on any atom is -0.376 e. The normalized spacial score (nSPS) is 11.0. The summed E-state index contributed by atoms with van der Waals surface area (Å²) in [5.74, 6) is 0.0382. The molecule has 0 unspecified atom stereocenters. The summed E-state index contributed by atoms with van der Waals surface area (Å²) in [7, 11) is -3.25. The Labute approximate surface area is 89.2 Å². The quantitative estimate of drug-likeness (QED) is 0.813. The van der Waals surface area contributed by atoms with E-state index in [0.29, 0.717) is 5.69 Å². The number of anilines is 1. The average molecular weight is 226 g/mol. The van der Waals surface area contributed by atoms with Gasteiger partial charge in [0.1, 0.15) is 0 Å². The molecule has 0 saturated carbocycles. The Balaban J connectivity index is 3.12. The van der Waals surface area contributed by atoms with Crippen LogP contribution in [0.25, 0.3) is 0 Å². The van der Waals surface area contributed by atoms with Crippen molar-refractivity contribution in [3.05, 3.63) is 24.3 Å². The molecule has 1 N–H and O–H groups in total. The van der Waals surface area contributed by atoms with Crippen molar-refractivity contribution in [1.29, 1.82) is 0 Å². The van der Waals surface area contributed by atoms with Gasteiger partial charge in [-0.05, 0) is 12.1 Å². The molecule has 0 fully saturated rings. The fourth-order valence-electron chi connectivity index (χ4n) is 1.17. The molecule has 1 aromatic carbocycles. The van der Waals surface area contributed by atoms with Crippen LogP contribution in [0.3, 0.4) is 0 Å². The van der Waals surface area contributed by atoms with Crippen molar-refractivity contribution in [3.8, 4) is 0 Å². The summed E-state index contributed by atoms with van der Waals surface area (Å²) < 4.78 is 23.3. The highest BCUT2D eigenvalue weighted by Crippen LogP contribution is 2.21. The van der Waals surface area contributed by atoms with E-state index in [-0.39, 0.29) is 17.2 Å². The molecule has 0 aliphatic rings. The number of hydrogen-bond acceptors (Lipinski definition) is 4. The van der Waals surface area contributed by atoms with Gasteiger partial charge in [-0.3, -0.25) is 4.79 Å². The average Bonchev–Trinajstić information content (AvgIpc) is 2.26. The van der Waals surface area contributed by atoms with Crippen LogP contribution in [0, 0.1) is 0 Å². The molecule has 1 aromatic rings. The smallest absolute Gasteiger partial charge is 0.219 e. The summed E-state index contributed by atoms with van der Waals surface area (Å²) in [6, 6.07) is 6.51. The number of hydrogen-bond donors (Lipinski definition) is 1. The van der Waals surface area contributed by atoms with Crippen LogP contribution in [0.5, 0.6) is 0 Å². The number of para-hydroxylation sites is 1. The number of carbonyl (C=O) groups excluding carboxylic acids is 1. The van der Waals surface area contributed by atoms with E-state index in [1.807, 2.05) is 0 Å². The molecule has 4 nitrogen and oxygen atoms in total. The zero-order valence-electron chi connectivity index (χ0n) is 8.36. The van der Waals surface area contributed by atoms with Crippen LogP contribution in [0.1, 0.15) is 6.92 Å². The van der Waals surface area contributed by atoms with E-state index in [1.165, 1.54) is 6.07 Å². The van der Waals surface area contributed by atoms with Gasteiger partial charge in [0.2, 0.25) is 6.29 Å². The van der Waals surface area contributed by atoms with Crippen LogP contribution in [-0.4, -0.2) is 27.0 Å². The van der Waals surface area contributed by atoms with Crippen molar-refractivity contribution < 1.29 is 13.2 Å². The predicted octanol–water partition coefficient (Wildman–Crippen LogP) is 1.00. The fourth-order valence-corrected chi connectivity index (χ4v) is 2.24. The van der Waals surface area contributed by atoms with E-state index in [2.05, 4.69) is 5.32 Å². The highest BCUT2D eigenvalue weighted by molar-refractivity contribution is 7.91. The summed E-state index contributed by atoms with van der Waals surface area (Å²) >= 11 is 0. The summed E-state index contributed by atoms with van der Waals surface area (Å²) in [6.07, 6.45) is 1.66. The van der Waals surface area contributed by atoms with Crippen molar-refractivity contribution in [2.24, 2.45) is 0 Å². The number of benzene rings is 1. The van der Waals surface area contributed by atoms with Crippen molar-refractivity contribution in [2.45, 2.75) is 11.8 Å². The molecule has 0 aliphatic heterocycles. The molecule has 81 valence electrons. The standard InChI is InChI=1S/C10H12NO3S/c1-2-15(13,14)10-6-4-3-5-9(10)11-7-8-12/h3-6,11H,2,7H2,1H3. The van der Waals surface area contributed by atoms with Gasteiger partial charge in [-0.15, -0.1) is 0 Å². The molecule has 0 bridgehead atoms. The van der Waals surface area contributed by atoms with Crippen LogP contribution in [0.2, 0.25) is 0 Å². The van der Waals surface area contributed by atoms with E-state index in [1.54, 1.807) is 31.4 Å². The summed E-state index contributed by atoms with van der Waals surface area (Å²) in [5.41, 5.74) is 0.447. The molecule has 15 heavy (non-hydrogen) atoms. The van der Waals surface area contributed by atoms with Gasteiger partial charge < -0.3 is 5.32 Å². The molecule has 0 saturated heterocycles. The monoisotopic (exact) mass is 226 g/mol. The molecule has 0 spiro atoms. The van der Waals surface area contributed by atoms with E-state index >= 15 is 0 Å². The van der Waals surface area contributed by atoms with Crippen molar-refractivity contribution in [3.63, 3.8) is 0 Å². The molecule has 1 radical (unpaired) electrons. The Bertz CT molecular complexity index is 440. The van der Waals surface area contributed by atoms with Gasteiger partial charge in [0.25, 0.3) is 0 Å². The Kier molecular flexibility index (Phi) is 3.85. The third-order valence-corrected chi connectivity index (χ3v) is 3.74. The molecule has 0 aromatic heterocycles.